The van der Waals surface area contributed by atoms with Crippen molar-refractivity contribution in [3.63, 3.8) is 0 Å². The summed E-state index contributed by atoms with van der Waals surface area (Å²) in [5, 5.41) is 4.70. The Morgan fingerprint density at radius 1 is 1.37 bits per heavy atom. The predicted octanol–water partition coefficient (Wildman–Crippen LogP) is 1.58. The van der Waals surface area contributed by atoms with Crippen molar-refractivity contribution in [1.29, 1.82) is 0 Å². The first-order chi connectivity index (χ1) is 9.15. The molecular formula is C12H22ClN3O3. The quantitative estimate of drug-likeness (QED) is 0.700. The minimum absolute atomic E-state index is 0.494. The van der Waals surface area contributed by atoms with E-state index >= 15 is 0 Å². The van der Waals surface area contributed by atoms with Gasteiger partial charge in [-0.2, -0.15) is 5.10 Å². The third kappa shape index (κ3) is 4.43. The monoisotopic (exact) mass is 291 g/mol. The van der Waals surface area contributed by atoms with Gasteiger partial charge in [0.1, 0.15) is 0 Å². The molecule has 1 aromatic heterocycles. The second-order valence-corrected chi connectivity index (χ2v) is 4.31. The topological polar surface area (TPSA) is 71.5 Å². The maximum absolute atomic E-state index is 6.19. The van der Waals surface area contributed by atoms with Crippen LogP contribution in [0.4, 0.5) is 0 Å². The molecule has 0 saturated heterocycles. The van der Waals surface area contributed by atoms with Crippen LogP contribution in [0.5, 0.6) is 0 Å². The second-order valence-electron chi connectivity index (χ2n) is 3.90. The van der Waals surface area contributed by atoms with Gasteiger partial charge in [-0.05, 0) is 13.8 Å². The zero-order chi connectivity index (χ0) is 14.3. The minimum atomic E-state index is -0.537. The Morgan fingerprint density at radius 3 is 2.53 bits per heavy atom. The molecule has 1 heterocycles. The molecule has 2 N–H and O–H groups in total. The molecule has 6 nitrogen and oxygen atoms in total. The Labute approximate surface area is 118 Å². The van der Waals surface area contributed by atoms with Gasteiger partial charge in [-0.25, -0.2) is 0 Å². The lowest BCUT2D eigenvalue weighted by Crippen LogP contribution is -2.34. The molecule has 0 saturated carbocycles. The van der Waals surface area contributed by atoms with Crippen LogP contribution in [0.25, 0.3) is 0 Å². The van der Waals surface area contributed by atoms with Crippen molar-refractivity contribution in [2.75, 3.05) is 26.9 Å². The molecule has 7 heteroatoms. The molecule has 19 heavy (non-hydrogen) atoms. The summed E-state index contributed by atoms with van der Waals surface area (Å²) < 4.78 is 17.8. The fourth-order valence-electron chi connectivity index (χ4n) is 1.77. The molecule has 1 rings (SSSR count). The fourth-order valence-corrected chi connectivity index (χ4v) is 2.04. The van der Waals surface area contributed by atoms with Gasteiger partial charge in [-0.15, -0.1) is 0 Å². The van der Waals surface area contributed by atoms with Gasteiger partial charge in [0.05, 0.1) is 36.1 Å². The molecule has 0 aliphatic heterocycles. The van der Waals surface area contributed by atoms with Gasteiger partial charge >= 0.3 is 0 Å². The van der Waals surface area contributed by atoms with E-state index < -0.39 is 12.3 Å². The Bertz CT molecular complexity index is 367. The standard InChI is InChI=1S/C12H22ClN3O3/c1-4-18-12(19-5-2)10(14)11-9(13)8-15-16(11)6-7-17-3/h8,10,12H,4-7,14H2,1-3H3. The van der Waals surface area contributed by atoms with Crippen LogP contribution in [-0.4, -0.2) is 43.0 Å². The summed E-state index contributed by atoms with van der Waals surface area (Å²) >= 11 is 6.15. The van der Waals surface area contributed by atoms with Crippen molar-refractivity contribution in [2.45, 2.75) is 32.7 Å². The molecule has 0 radical (unpaired) electrons. The highest BCUT2D eigenvalue weighted by Crippen LogP contribution is 2.25. The third-order valence-electron chi connectivity index (χ3n) is 2.61. The number of hydrogen-bond donors (Lipinski definition) is 1. The highest BCUT2D eigenvalue weighted by Gasteiger charge is 2.26. The smallest absolute Gasteiger partial charge is 0.178 e. The molecule has 0 aliphatic rings. The van der Waals surface area contributed by atoms with Gasteiger partial charge in [0, 0.05) is 20.3 Å². The van der Waals surface area contributed by atoms with Gasteiger partial charge < -0.3 is 19.9 Å². The normalized spacial score (nSPS) is 13.2. The van der Waals surface area contributed by atoms with Crippen LogP contribution in [-0.2, 0) is 20.8 Å². The average Bonchev–Trinajstić information content (AvgIpc) is 2.76. The number of aromatic nitrogens is 2. The average molecular weight is 292 g/mol. The summed E-state index contributed by atoms with van der Waals surface area (Å²) in [4.78, 5) is 0. The van der Waals surface area contributed by atoms with E-state index in [1.807, 2.05) is 13.8 Å². The molecule has 0 spiro atoms. The first-order valence-corrected chi connectivity index (χ1v) is 6.72. The highest BCUT2D eigenvalue weighted by molar-refractivity contribution is 6.31. The van der Waals surface area contributed by atoms with Gasteiger partial charge in [0.2, 0.25) is 0 Å². The first-order valence-electron chi connectivity index (χ1n) is 6.34. The van der Waals surface area contributed by atoms with Crippen LogP contribution in [0.2, 0.25) is 5.02 Å². The lowest BCUT2D eigenvalue weighted by atomic mass is 10.2. The molecule has 0 amide bonds. The van der Waals surface area contributed by atoms with Crippen LogP contribution in [0, 0.1) is 0 Å². The predicted molar refractivity (Wildman–Crippen MR) is 73.1 cm³/mol. The van der Waals surface area contributed by atoms with Crippen LogP contribution in [0.1, 0.15) is 25.6 Å². The number of ether oxygens (including phenoxy) is 3. The first kappa shape index (κ1) is 16.4. The minimum Gasteiger partial charge on any atom is -0.383 e. The van der Waals surface area contributed by atoms with Crippen molar-refractivity contribution in [1.82, 2.24) is 9.78 Å². The maximum atomic E-state index is 6.19. The zero-order valence-electron chi connectivity index (χ0n) is 11.6. The lowest BCUT2D eigenvalue weighted by Gasteiger charge is -2.24. The van der Waals surface area contributed by atoms with Crippen molar-refractivity contribution >= 4 is 11.6 Å². The Kier molecular flexibility index (Phi) is 7.33. The van der Waals surface area contributed by atoms with Crippen molar-refractivity contribution < 1.29 is 14.2 Å². The van der Waals surface area contributed by atoms with Gasteiger partial charge in [0.25, 0.3) is 0 Å². The van der Waals surface area contributed by atoms with Crippen LogP contribution < -0.4 is 5.73 Å². The molecule has 0 bridgehead atoms. The number of hydrogen-bond acceptors (Lipinski definition) is 5. The van der Waals surface area contributed by atoms with E-state index in [1.54, 1.807) is 18.0 Å². The lowest BCUT2D eigenvalue weighted by molar-refractivity contribution is -0.150. The molecule has 1 unspecified atom stereocenters. The number of nitrogens with two attached hydrogens (primary N) is 1. The fraction of sp³-hybridized carbons (Fsp3) is 0.750. The summed E-state index contributed by atoms with van der Waals surface area (Å²) in [6, 6.07) is -0.494. The molecule has 1 atom stereocenters. The summed E-state index contributed by atoms with van der Waals surface area (Å²) in [7, 11) is 1.63. The summed E-state index contributed by atoms with van der Waals surface area (Å²) in [5.74, 6) is 0. The van der Waals surface area contributed by atoms with Crippen molar-refractivity contribution in [2.24, 2.45) is 5.73 Å². The molecule has 0 fully saturated rings. The van der Waals surface area contributed by atoms with Gasteiger partial charge in [-0.3, -0.25) is 4.68 Å². The van der Waals surface area contributed by atoms with E-state index in [2.05, 4.69) is 5.10 Å². The van der Waals surface area contributed by atoms with E-state index in [4.69, 9.17) is 31.5 Å². The number of rotatable bonds is 9. The largest absolute Gasteiger partial charge is 0.383 e. The number of nitrogens with zero attached hydrogens (tertiary/aromatic N) is 2. The van der Waals surface area contributed by atoms with Gasteiger partial charge in [0.15, 0.2) is 6.29 Å². The van der Waals surface area contributed by atoms with E-state index in [1.165, 1.54) is 0 Å². The Morgan fingerprint density at radius 2 is 2.00 bits per heavy atom. The third-order valence-corrected chi connectivity index (χ3v) is 2.90. The SMILES string of the molecule is CCOC(OCC)C(N)c1c(Cl)cnn1CCOC. The van der Waals surface area contributed by atoms with Crippen LogP contribution >= 0.6 is 11.6 Å². The Hall–Kier alpha value is -0.660. The van der Waals surface area contributed by atoms with Crippen LogP contribution in [0.15, 0.2) is 6.20 Å². The molecule has 1 aromatic rings. The van der Waals surface area contributed by atoms with Crippen molar-refractivity contribution in [3.05, 3.63) is 16.9 Å². The number of halogens is 1. The van der Waals surface area contributed by atoms with E-state index in [0.717, 1.165) is 0 Å². The summed E-state index contributed by atoms with van der Waals surface area (Å²) in [5.41, 5.74) is 6.89. The molecule has 0 aliphatic carbocycles. The van der Waals surface area contributed by atoms with Crippen LogP contribution in [0.3, 0.4) is 0 Å². The maximum Gasteiger partial charge on any atom is 0.178 e. The second kappa shape index (κ2) is 8.50. The molecule has 110 valence electrons. The zero-order valence-corrected chi connectivity index (χ0v) is 12.4. The van der Waals surface area contributed by atoms with Crippen molar-refractivity contribution in [3.8, 4) is 0 Å². The van der Waals surface area contributed by atoms with E-state index in [-0.39, 0.29) is 0 Å². The summed E-state index contributed by atoms with van der Waals surface area (Å²) in [6.45, 7) is 5.93. The van der Waals surface area contributed by atoms with E-state index in [9.17, 15) is 0 Å². The number of methoxy groups -OCH3 is 1. The Balaban J connectivity index is 2.88. The molecular weight excluding hydrogens is 270 g/mol. The molecule has 0 aromatic carbocycles. The summed E-state index contributed by atoms with van der Waals surface area (Å²) in [6.07, 6.45) is 1.03. The van der Waals surface area contributed by atoms with Gasteiger partial charge in [-0.1, -0.05) is 11.6 Å². The van der Waals surface area contributed by atoms with E-state index in [0.29, 0.717) is 37.1 Å². The highest BCUT2D eigenvalue weighted by atomic mass is 35.5.